The molecule has 2 fully saturated rings. The maximum atomic E-state index is 11.5. The number of aromatic hydroxyl groups is 1. The second-order valence-electron chi connectivity index (χ2n) is 8.64. The molecule has 4 aromatic rings. The minimum atomic E-state index is -0.488. The quantitative estimate of drug-likeness (QED) is 0.366. The van der Waals surface area contributed by atoms with Crippen molar-refractivity contribution in [2.75, 3.05) is 36.0 Å². The van der Waals surface area contributed by atoms with Crippen LogP contribution in [0, 0.1) is 11.3 Å². The number of rotatable bonds is 4. The number of H-pyrrole nitrogens is 2. The van der Waals surface area contributed by atoms with Crippen molar-refractivity contribution >= 4 is 23.4 Å². The number of hydrogen-bond acceptors (Lipinski definition) is 9. The third-order valence-electron chi connectivity index (χ3n) is 6.17. The standard InChI is InChI=1S/C23H22N10O2/c24-11-14-1-4-18(25-12-14)31-5-7-32(8-6-31)19-10-20(27-16-2-3-16)33-21(29-19)15(13-26-33)9-17-22(34)30-23(35)28-17/h1,4,9-10,12-13,16,34H,2-3,5-8H2,(H2,28,30,35). The van der Waals surface area contributed by atoms with Gasteiger partial charge in [-0.3, -0.25) is 9.98 Å². The molecule has 1 saturated carbocycles. The van der Waals surface area contributed by atoms with Crippen LogP contribution < -0.4 is 26.2 Å². The van der Waals surface area contributed by atoms with Crippen LogP contribution in [0.2, 0.25) is 0 Å². The molecule has 12 heteroatoms. The summed E-state index contributed by atoms with van der Waals surface area (Å²) in [6, 6.07) is 8.02. The molecular formula is C23H22N10O2. The van der Waals surface area contributed by atoms with E-state index in [1.165, 1.54) is 0 Å². The molecule has 0 spiro atoms. The second-order valence-corrected chi connectivity index (χ2v) is 8.64. The third-order valence-corrected chi connectivity index (χ3v) is 6.17. The molecule has 2 aliphatic rings. The van der Waals surface area contributed by atoms with Crippen LogP contribution in [0.5, 0.6) is 5.88 Å². The fourth-order valence-electron chi connectivity index (χ4n) is 4.15. The van der Waals surface area contributed by atoms with Crippen molar-refractivity contribution in [2.24, 2.45) is 4.99 Å². The average Bonchev–Trinajstić information content (AvgIpc) is 3.52. The van der Waals surface area contributed by atoms with Crippen molar-refractivity contribution in [3.05, 3.63) is 63.0 Å². The van der Waals surface area contributed by atoms with Crippen LogP contribution in [0.15, 0.2) is 40.4 Å². The van der Waals surface area contributed by atoms with E-state index in [1.807, 2.05) is 12.1 Å². The van der Waals surface area contributed by atoms with Crippen molar-refractivity contribution in [1.29, 1.82) is 5.26 Å². The van der Waals surface area contributed by atoms with Gasteiger partial charge in [-0.25, -0.2) is 14.8 Å². The van der Waals surface area contributed by atoms with E-state index in [-0.39, 0.29) is 11.6 Å². The molecule has 5 heterocycles. The van der Waals surface area contributed by atoms with E-state index >= 15 is 0 Å². The lowest BCUT2D eigenvalue weighted by Gasteiger charge is -2.36. The SMILES string of the molecule is N#Cc1ccc(N2CCN(c3cc(=NC4CC4)n4ncc(=Cc5[nH]c(=O)[nH]c5O)c4n3)CC2)nc1. The van der Waals surface area contributed by atoms with Crippen LogP contribution in [0.1, 0.15) is 24.1 Å². The number of hydrogen-bond donors (Lipinski definition) is 3. The van der Waals surface area contributed by atoms with Gasteiger partial charge in [0.1, 0.15) is 23.4 Å². The number of nitrogens with one attached hydrogen (secondary N) is 2. The molecule has 0 radical (unpaired) electrons. The Morgan fingerprint density at radius 2 is 1.89 bits per heavy atom. The van der Waals surface area contributed by atoms with Crippen LogP contribution in [0.4, 0.5) is 11.6 Å². The summed E-state index contributed by atoms with van der Waals surface area (Å²) in [5.41, 5.74) is 1.65. The summed E-state index contributed by atoms with van der Waals surface area (Å²) in [5.74, 6) is 1.41. The first-order valence-electron chi connectivity index (χ1n) is 11.4. The molecule has 35 heavy (non-hydrogen) atoms. The Labute approximate surface area is 198 Å². The van der Waals surface area contributed by atoms with Crippen LogP contribution in [-0.4, -0.2) is 66.9 Å². The van der Waals surface area contributed by atoms with Crippen LogP contribution in [0.25, 0.3) is 11.7 Å². The Morgan fingerprint density at radius 1 is 1.11 bits per heavy atom. The van der Waals surface area contributed by atoms with Gasteiger partial charge in [0.05, 0.1) is 17.8 Å². The number of pyridine rings is 1. The van der Waals surface area contributed by atoms with Gasteiger partial charge in [0.2, 0.25) is 5.88 Å². The number of aromatic nitrogens is 6. The first-order valence-corrected chi connectivity index (χ1v) is 11.4. The monoisotopic (exact) mass is 470 g/mol. The molecule has 1 saturated heterocycles. The molecule has 0 atom stereocenters. The van der Waals surface area contributed by atoms with Gasteiger partial charge in [0.15, 0.2) is 11.1 Å². The second kappa shape index (κ2) is 8.28. The lowest BCUT2D eigenvalue weighted by Crippen LogP contribution is -2.47. The van der Waals surface area contributed by atoms with Crippen LogP contribution in [0.3, 0.4) is 0 Å². The van der Waals surface area contributed by atoms with Crippen LogP contribution in [-0.2, 0) is 0 Å². The number of fused-ring (bicyclic) bond motifs is 1. The fraction of sp³-hybridized carbons (Fsp3) is 0.304. The third kappa shape index (κ3) is 4.08. The van der Waals surface area contributed by atoms with E-state index in [2.05, 4.69) is 35.9 Å². The normalized spacial score (nSPS) is 17.3. The lowest BCUT2D eigenvalue weighted by atomic mass is 10.2. The van der Waals surface area contributed by atoms with Gasteiger partial charge in [-0.05, 0) is 31.1 Å². The zero-order chi connectivity index (χ0) is 23.9. The topological polar surface area (TPSA) is 155 Å². The molecule has 1 aliphatic carbocycles. The summed E-state index contributed by atoms with van der Waals surface area (Å²) in [4.78, 5) is 34.9. The number of nitrogens with zero attached hydrogens (tertiary/aromatic N) is 8. The molecule has 4 aromatic heterocycles. The molecule has 176 valence electrons. The van der Waals surface area contributed by atoms with Gasteiger partial charge >= 0.3 is 5.69 Å². The molecule has 12 nitrogen and oxygen atoms in total. The highest BCUT2D eigenvalue weighted by atomic mass is 16.3. The molecule has 0 amide bonds. The van der Waals surface area contributed by atoms with Gasteiger partial charge < -0.3 is 19.9 Å². The average molecular weight is 470 g/mol. The fourth-order valence-corrected chi connectivity index (χ4v) is 4.15. The van der Waals surface area contributed by atoms with E-state index in [1.54, 1.807) is 29.1 Å². The van der Waals surface area contributed by atoms with Crippen molar-refractivity contribution < 1.29 is 5.11 Å². The molecule has 6 rings (SSSR count). The molecule has 0 bridgehead atoms. The Balaban J connectivity index is 1.34. The maximum absolute atomic E-state index is 11.5. The smallest absolute Gasteiger partial charge is 0.326 e. The Bertz CT molecular complexity index is 1610. The predicted molar refractivity (Wildman–Crippen MR) is 127 cm³/mol. The van der Waals surface area contributed by atoms with Crippen molar-refractivity contribution in [1.82, 2.24) is 29.5 Å². The molecule has 0 aromatic carbocycles. The number of imidazole rings is 1. The summed E-state index contributed by atoms with van der Waals surface area (Å²) in [5, 5.41) is 24.1. The number of anilines is 2. The summed E-state index contributed by atoms with van der Waals surface area (Å²) in [6.45, 7) is 3.01. The first-order chi connectivity index (χ1) is 17.1. The molecule has 3 N–H and O–H groups in total. The van der Waals surface area contributed by atoms with E-state index in [0.29, 0.717) is 22.5 Å². The highest BCUT2D eigenvalue weighted by Crippen LogP contribution is 2.23. The highest BCUT2D eigenvalue weighted by Gasteiger charge is 2.23. The zero-order valence-corrected chi connectivity index (χ0v) is 18.7. The summed E-state index contributed by atoms with van der Waals surface area (Å²) < 4.78 is 1.70. The van der Waals surface area contributed by atoms with Gasteiger partial charge in [-0.15, -0.1) is 0 Å². The number of piperazine rings is 1. The molecule has 1 aliphatic heterocycles. The largest absolute Gasteiger partial charge is 0.493 e. The van der Waals surface area contributed by atoms with Gasteiger partial charge in [0.25, 0.3) is 0 Å². The van der Waals surface area contributed by atoms with E-state index in [0.717, 1.165) is 56.1 Å². The Kier molecular flexibility index (Phi) is 4.95. The molecular weight excluding hydrogens is 448 g/mol. The van der Waals surface area contributed by atoms with E-state index < -0.39 is 5.69 Å². The lowest BCUT2D eigenvalue weighted by molar-refractivity contribution is 0.454. The van der Waals surface area contributed by atoms with Gasteiger partial charge in [-0.2, -0.15) is 14.9 Å². The van der Waals surface area contributed by atoms with E-state index in [9.17, 15) is 9.90 Å². The minimum absolute atomic E-state index is 0.235. The molecule has 0 unspecified atom stereocenters. The maximum Gasteiger partial charge on any atom is 0.326 e. The summed E-state index contributed by atoms with van der Waals surface area (Å²) in [6.07, 6.45) is 7.01. The Hall–Kier alpha value is -4.66. The van der Waals surface area contributed by atoms with Crippen molar-refractivity contribution in [2.45, 2.75) is 18.9 Å². The highest BCUT2D eigenvalue weighted by molar-refractivity contribution is 5.58. The summed E-state index contributed by atoms with van der Waals surface area (Å²) in [7, 11) is 0. The summed E-state index contributed by atoms with van der Waals surface area (Å²) >= 11 is 0. The van der Waals surface area contributed by atoms with Gasteiger partial charge in [-0.1, -0.05) is 0 Å². The van der Waals surface area contributed by atoms with E-state index in [4.69, 9.17) is 15.2 Å². The van der Waals surface area contributed by atoms with Crippen molar-refractivity contribution in [3.63, 3.8) is 0 Å². The number of aromatic amines is 2. The first kappa shape index (κ1) is 20.9. The number of nitriles is 1. The minimum Gasteiger partial charge on any atom is -0.493 e. The van der Waals surface area contributed by atoms with Gasteiger partial charge in [0, 0.05) is 43.7 Å². The zero-order valence-electron chi connectivity index (χ0n) is 18.7. The van der Waals surface area contributed by atoms with Crippen molar-refractivity contribution in [3.8, 4) is 11.9 Å². The van der Waals surface area contributed by atoms with Crippen LogP contribution >= 0.6 is 0 Å². The predicted octanol–water partition coefficient (Wildman–Crippen LogP) is -0.345. The Morgan fingerprint density at radius 3 is 2.51 bits per heavy atom.